The number of benzene rings is 1. The number of halogens is 1. The average Bonchev–Trinajstić information content (AvgIpc) is 2.23. The highest BCUT2D eigenvalue weighted by atomic mass is 79.9. The Balaban J connectivity index is 2.49. The van der Waals surface area contributed by atoms with E-state index in [9.17, 15) is 4.79 Å². The van der Waals surface area contributed by atoms with Crippen molar-refractivity contribution in [2.45, 2.75) is 20.3 Å². The predicted octanol–water partition coefficient (Wildman–Crippen LogP) is 2.70. The van der Waals surface area contributed by atoms with Crippen LogP contribution in [0.4, 0.5) is 5.69 Å². The Hall–Kier alpha value is -0.870. The molecule has 1 aromatic carbocycles. The van der Waals surface area contributed by atoms with Crippen molar-refractivity contribution < 1.29 is 4.79 Å². The first-order chi connectivity index (χ1) is 7.63. The van der Waals surface area contributed by atoms with Crippen molar-refractivity contribution in [1.29, 1.82) is 0 Å². The highest BCUT2D eigenvalue weighted by Crippen LogP contribution is 2.19. The Morgan fingerprint density at radius 2 is 2.19 bits per heavy atom. The Kier molecular flexibility index (Phi) is 5.49. The lowest BCUT2D eigenvalue weighted by Gasteiger charge is -2.08. The second-order valence-corrected chi connectivity index (χ2v) is 4.53. The zero-order valence-corrected chi connectivity index (χ0v) is 11.2. The van der Waals surface area contributed by atoms with Crippen LogP contribution in [-0.2, 0) is 4.79 Å². The fourth-order valence-corrected chi connectivity index (χ4v) is 1.83. The number of hydrogen-bond donors (Lipinski definition) is 2. The second-order valence-electron chi connectivity index (χ2n) is 3.61. The monoisotopic (exact) mass is 284 g/mol. The maximum atomic E-state index is 11.6. The fourth-order valence-electron chi connectivity index (χ4n) is 1.36. The van der Waals surface area contributed by atoms with Gasteiger partial charge in [0, 0.05) is 23.1 Å². The molecule has 0 fully saturated rings. The highest BCUT2D eigenvalue weighted by molar-refractivity contribution is 9.10. The third-order valence-corrected chi connectivity index (χ3v) is 2.73. The number of carbonyl (C=O) groups excluding carboxylic acids is 1. The Bertz CT molecular complexity index is 366. The van der Waals surface area contributed by atoms with Crippen molar-refractivity contribution in [2.75, 3.05) is 18.4 Å². The smallest absolute Gasteiger partial charge is 0.225 e. The molecule has 16 heavy (non-hydrogen) atoms. The third-order valence-electron chi connectivity index (χ3n) is 2.24. The van der Waals surface area contributed by atoms with Gasteiger partial charge in [-0.1, -0.05) is 22.9 Å². The molecule has 0 saturated heterocycles. The van der Waals surface area contributed by atoms with Gasteiger partial charge in [-0.05, 0) is 37.2 Å². The van der Waals surface area contributed by atoms with Gasteiger partial charge in [-0.2, -0.15) is 0 Å². The SMILES string of the molecule is CCNCCC(=O)Nc1ccc(Br)cc1C. The molecule has 0 bridgehead atoms. The van der Waals surface area contributed by atoms with Crippen LogP contribution in [-0.4, -0.2) is 19.0 Å². The highest BCUT2D eigenvalue weighted by Gasteiger charge is 2.04. The van der Waals surface area contributed by atoms with Crippen molar-refractivity contribution in [3.8, 4) is 0 Å². The number of hydrogen-bond acceptors (Lipinski definition) is 2. The number of rotatable bonds is 5. The molecule has 1 aromatic rings. The normalized spacial score (nSPS) is 10.2. The van der Waals surface area contributed by atoms with Crippen LogP contribution in [0.5, 0.6) is 0 Å². The van der Waals surface area contributed by atoms with E-state index in [1.165, 1.54) is 0 Å². The van der Waals surface area contributed by atoms with Crippen molar-refractivity contribution >= 4 is 27.5 Å². The maximum Gasteiger partial charge on any atom is 0.225 e. The van der Waals surface area contributed by atoms with E-state index in [1.54, 1.807) is 0 Å². The summed E-state index contributed by atoms with van der Waals surface area (Å²) in [5.41, 5.74) is 1.94. The first-order valence-electron chi connectivity index (χ1n) is 5.40. The molecule has 0 aromatic heterocycles. The first kappa shape index (κ1) is 13.2. The van der Waals surface area contributed by atoms with E-state index in [4.69, 9.17) is 0 Å². The molecule has 0 saturated carbocycles. The second kappa shape index (κ2) is 6.66. The molecule has 0 radical (unpaired) electrons. The summed E-state index contributed by atoms with van der Waals surface area (Å²) in [4.78, 5) is 11.6. The minimum atomic E-state index is 0.0476. The quantitative estimate of drug-likeness (QED) is 0.817. The van der Waals surface area contributed by atoms with Crippen molar-refractivity contribution in [3.05, 3.63) is 28.2 Å². The molecule has 2 N–H and O–H groups in total. The van der Waals surface area contributed by atoms with E-state index in [0.29, 0.717) is 6.42 Å². The van der Waals surface area contributed by atoms with Gasteiger partial charge in [-0.25, -0.2) is 0 Å². The van der Waals surface area contributed by atoms with Crippen LogP contribution in [0.2, 0.25) is 0 Å². The summed E-state index contributed by atoms with van der Waals surface area (Å²) in [6, 6.07) is 5.82. The molecule has 3 nitrogen and oxygen atoms in total. The Morgan fingerprint density at radius 1 is 1.44 bits per heavy atom. The topological polar surface area (TPSA) is 41.1 Å². The average molecular weight is 285 g/mol. The number of anilines is 1. The molecule has 0 unspecified atom stereocenters. The largest absolute Gasteiger partial charge is 0.326 e. The molecule has 4 heteroatoms. The number of amides is 1. The maximum absolute atomic E-state index is 11.6. The zero-order valence-electron chi connectivity index (χ0n) is 9.64. The fraction of sp³-hybridized carbons (Fsp3) is 0.417. The lowest BCUT2D eigenvalue weighted by Crippen LogP contribution is -2.21. The summed E-state index contributed by atoms with van der Waals surface area (Å²) in [6.07, 6.45) is 0.503. The minimum Gasteiger partial charge on any atom is -0.326 e. The molecule has 0 aliphatic heterocycles. The first-order valence-corrected chi connectivity index (χ1v) is 6.19. The van der Waals surface area contributed by atoms with E-state index in [2.05, 4.69) is 26.6 Å². The van der Waals surface area contributed by atoms with Gasteiger partial charge in [0.05, 0.1) is 0 Å². The van der Waals surface area contributed by atoms with Crippen LogP contribution in [0.25, 0.3) is 0 Å². The van der Waals surface area contributed by atoms with E-state index < -0.39 is 0 Å². The molecule has 0 aliphatic carbocycles. The van der Waals surface area contributed by atoms with E-state index in [-0.39, 0.29) is 5.91 Å². The van der Waals surface area contributed by atoms with Crippen LogP contribution >= 0.6 is 15.9 Å². The van der Waals surface area contributed by atoms with Gasteiger partial charge in [-0.15, -0.1) is 0 Å². The van der Waals surface area contributed by atoms with Gasteiger partial charge in [0.2, 0.25) is 5.91 Å². The van der Waals surface area contributed by atoms with Gasteiger partial charge in [0.15, 0.2) is 0 Å². The van der Waals surface area contributed by atoms with Crippen LogP contribution in [0, 0.1) is 6.92 Å². The van der Waals surface area contributed by atoms with E-state index in [0.717, 1.165) is 28.8 Å². The molecule has 0 atom stereocenters. The molecular formula is C12H17BrN2O. The van der Waals surface area contributed by atoms with Crippen LogP contribution in [0.3, 0.4) is 0 Å². The number of nitrogens with one attached hydrogen (secondary N) is 2. The lowest BCUT2D eigenvalue weighted by molar-refractivity contribution is -0.116. The van der Waals surface area contributed by atoms with Crippen LogP contribution in [0.15, 0.2) is 22.7 Å². The standard InChI is InChI=1S/C12H17BrN2O/c1-3-14-7-6-12(16)15-11-5-4-10(13)8-9(11)2/h4-5,8,14H,3,6-7H2,1-2H3,(H,15,16). The molecule has 0 spiro atoms. The molecule has 1 amide bonds. The summed E-state index contributed by atoms with van der Waals surface area (Å²) in [6.45, 7) is 5.62. The van der Waals surface area contributed by atoms with Crippen LogP contribution in [0.1, 0.15) is 18.9 Å². The summed E-state index contributed by atoms with van der Waals surface area (Å²) >= 11 is 3.39. The predicted molar refractivity (Wildman–Crippen MR) is 70.7 cm³/mol. The Labute approximate surface area is 105 Å². The van der Waals surface area contributed by atoms with Gasteiger partial charge < -0.3 is 10.6 Å². The molecule has 0 aliphatic rings. The number of aryl methyl sites for hydroxylation is 1. The molecule has 1 rings (SSSR count). The van der Waals surface area contributed by atoms with Crippen molar-refractivity contribution in [1.82, 2.24) is 5.32 Å². The summed E-state index contributed by atoms with van der Waals surface area (Å²) in [7, 11) is 0. The summed E-state index contributed by atoms with van der Waals surface area (Å²) in [5.74, 6) is 0.0476. The summed E-state index contributed by atoms with van der Waals surface area (Å²) < 4.78 is 1.02. The van der Waals surface area contributed by atoms with Crippen molar-refractivity contribution in [2.24, 2.45) is 0 Å². The van der Waals surface area contributed by atoms with Gasteiger partial charge >= 0.3 is 0 Å². The Morgan fingerprint density at radius 3 is 2.81 bits per heavy atom. The lowest BCUT2D eigenvalue weighted by atomic mass is 10.2. The van der Waals surface area contributed by atoms with Gasteiger partial charge in [0.25, 0.3) is 0 Å². The minimum absolute atomic E-state index is 0.0476. The summed E-state index contributed by atoms with van der Waals surface area (Å²) in [5, 5.41) is 6.02. The molecule has 0 heterocycles. The molecule has 88 valence electrons. The van der Waals surface area contributed by atoms with Gasteiger partial charge in [-0.3, -0.25) is 4.79 Å². The zero-order chi connectivity index (χ0) is 12.0. The van der Waals surface area contributed by atoms with E-state index >= 15 is 0 Å². The van der Waals surface area contributed by atoms with E-state index in [1.807, 2.05) is 32.0 Å². The molecular weight excluding hydrogens is 268 g/mol. The van der Waals surface area contributed by atoms with Gasteiger partial charge in [0.1, 0.15) is 0 Å². The number of carbonyl (C=O) groups is 1. The van der Waals surface area contributed by atoms with Crippen LogP contribution < -0.4 is 10.6 Å². The third kappa shape index (κ3) is 4.33. The van der Waals surface area contributed by atoms with Crippen molar-refractivity contribution in [3.63, 3.8) is 0 Å².